The summed E-state index contributed by atoms with van der Waals surface area (Å²) in [6.45, 7) is 3.91. The van der Waals surface area contributed by atoms with Gasteiger partial charge in [0.2, 0.25) is 0 Å². The van der Waals surface area contributed by atoms with E-state index < -0.39 is 0 Å². The van der Waals surface area contributed by atoms with E-state index in [0.717, 1.165) is 38.8 Å². The number of para-hydroxylation sites is 3. The van der Waals surface area contributed by atoms with E-state index in [1.807, 2.05) is 84.7 Å². The van der Waals surface area contributed by atoms with Gasteiger partial charge in [0.1, 0.15) is 0 Å². The number of imidazole rings is 1. The van der Waals surface area contributed by atoms with Gasteiger partial charge in [-0.25, -0.2) is 15.1 Å². The monoisotopic (exact) mass is 418 g/mol. The topological polar surface area (TPSA) is 77.1 Å². The van der Waals surface area contributed by atoms with E-state index in [9.17, 15) is 4.79 Å². The van der Waals surface area contributed by atoms with E-state index in [1.165, 1.54) is 11.8 Å². The maximum absolute atomic E-state index is 12.2. The predicted molar refractivity (Wildman–Crippen MR) is 120 cm³/mol. The van der Waals surface area contributed by atoms with E-state index in [0.29, 0.717) is 0 Å². The van der Waals surface area contributed by atoms with E-state index >= 15 is 0 Å². The zero-order valence-corrected chi connectivity index (χ0v) is 17.8. The standard InChI is InChI=1S/C22H22N6OS/c1-15-18(16(2)28(26-15)17-9-5-4-6-10-17)13-23-25-21(29)14-30-22-24-19-11-7-8-12-20(19)27(22)3/h4-13H,14H2,1-3H3,(H,25,29). The second-order valence-electron chi connectivity index (χ2n) is 6.86. The van der Waals surface area contributed by atoms with E-state index in [4.69, 9.17) is 0 Å². The number of benzene rings is 2. The highest BCUT2D eigenvalue weighted by atomic mass is 32.2. The van der Waals surface area contributed by atoms with Crippen LogP contribution in [0, 0.1) is 13.8 Å². The molecule has 0 aliphatic heterocycles. The third-order valence-electron chi connectivity index (χ3n) is 4.81. The van der Waals surface area contributed by atoms with Crippen molar-refractivity contribution in [1.82, 2.24) is 24.8 Å². The van der Waals surface area contributed by atoms with Crippen LogP contribution < -0.4 is 5.43 Å². The van der Waals surface area contributed by atoms with Gasteiger partial charge in [0.25, 0.3) is 5.91 Å². The van der Waals surface area contributed by atoms with Gasteiger partial charge in [0.05, 0.1) is 40.1 Å². The molecule has 1 amide bonds. The molecule has 152 valence electrons. The molecule has 2 aromatic heterocycles. The average molecular weight is 419 g/mol. The van der Waals surface area contributed by atoms with Crippen molar-refractivity contribution in [3.8, 4) is 5.69 Å². The Morgan fingerprint density at radius 3 is 2.63 bits per heavy atom. The van der Waals surface area contributed by atoms with Gasteiger partial charge in [-0.3, -0.25) is 4.79 Å². The van der Waals surface area contributed by atoms with Gasteiger partial charge < -0.3 is 4.57 Å². The highest BCUT2D eigenvalue weighted by Crippen LogP contribution is 2.22. The summed E-state index contributed by atoms with van der Waals surface area (Å²) in [5.41, 5.74) is 8.25. The first-order valence-electron chi connectivity index (χ1n) is 9.52. The lowest BCUT2D eigenvalue weighted by Crippen LogP contribution is -2.20. The van der Waals surface area contributed by atoms with Crippen LogP contribution in [0.5, 0.6) is 0 Å². The van der Waals surface area contributed by atoms with Crippen molar-refractivity contribution in [3.63, 3.8) is 0 Å². The van der Waals surface area contributed by atoms with E-state index in [1.54, 1.807) is 6.21 Å². The SMILES string of the molecule is Cc1nn(-c2ccccc2)c(C)c1C=NNC(=O)CSc1nc2ccccc2n1C. The van der Waals surface area contributed by atoms with Gasteiger partial charge >= 0.3 is 0 Å². The molecule has 0 saturated carbocycles. The molecule has 0 aliphatic rings. The lowest BCUT2D eigenvalue weighted by molar-refractivity contribution is -0.118. The summed E-state index contributed by atoms with van der Waals surface area (Å²) in [4.78, 5) is 16.8. The molecule has 2 aromatic carbocycles. The van der Waals surface area contributed by atoms with Crippen LogP contribution in [0.15, 0.2) is 64.9 Å². The van der Waals surface area contributed by atoms with Crippen molar-refractivity contribution in [2.75, 3.05) is 5.75 Å². The number of thioether (sulfide) groups is 1. The first-order chi connectivity index (χ1) is 14.5. The Bertz CT molecular complexity index is 1230. The number of aryl methyl sites for hydroxylation is 2. The summed E-state index contributed by atoms with van der Waals surface area (Å²) in [7, 11) is 1.95. The number of rotatable bonds is 6. The van der Waals surface area contributed by atoms with Crippen molar-refractivity contribution >= 4 is 34.9 Å². The second-order valence-corrected chi connectivity index (χ2v) is 7.80. The molecule has 0 unspecified atom stereocenters. The van der Waals surface area contributed by atoms with Gasteiger partial charge in [-0.15, -0.1) is 0 Å². The van der Waals surface area contributed by atoms with Crippen LogP contribution in [0.1, 0.15) is 17.0 Å². The quantitative estimate of drug-likeness (QED) is 0.295. The summed E-state index contributed by atoms with van der Waals surface area (Å²) in [5, 5.41) is 9.51. The number of fused-ring (bicyclic) bond motifs is 1. The van der Waals surface area contributed by atoms with Gasteiger partial charge in [0.15, 0.2) is 5.16 Å². The number of hydrogen-bond donors (Lipinski definition) is 1. The molecule has 30 heavy (non-hydrogen) atoms. The van der Waals surface area contributed by atoms with Crippen LogP contribution in [-0.4, -0.2) is 37.2 Å². The first-order valence-corrected chi connectivity index (χ1v) is 10.5. The molecule has 0 radical (unpaired) electrons. The minimum absolute atomic E-state index is 0.186. The fourth-order valence-electron chi connectivity index (χ4n) is 3.25. The second kappa shape index (κ2) is 8.54. The Morgan fingerprint density at radius 1 is 1.13 bits per heavy atom. The van der Waals surface area contributed by atoms with Crippen LogP contribution in [-0.2, 0) is 11.8 Å². The van der Waals surface area contributed by atoms with Crippen LogP contribution in [0.2, 0.25) is 0 Å². The van der Waals surface area contributed by atoms with Crippen molar-refractivity contribution in [2.24, 2.45) is 12.1 Å². The summed E-state index contributed by atoms with van der Waals surface area (Å²) in [6, 6.07) is 17.8. The largest absolute Gasteiger partial charge is 0.322 e. The number of carbonyl (C=O) groups excluding carboxylic acids is 1. The number of nitrogens with zero attached hydrogens (tertiary/aromatic N) is 5. The lowest BCUT2D eigenvalue weighted by atomic mass is 10.2. The van der Waals surface area contributed by atoms with Crippen molar-refractivity contribution < 1.29 is 4.79 Å². The molecule has 0 fully saturated rings. The molecule has 8 heteroatoms. The number of nitrogens with one attached hydrogen (secondary N) is 1. The number of hydrogen-bond acceptors (Lipinski definition) is 5. The first kappa shape index (κ1) is 19.9. The van der Waals surface area contributed by atoms with Gasteiger partial charge in [-0.1, -0.05) is 42.1 Å². The van der Waals surface area contributed by atoms with Crippen LogP contribution >= 0.6 is 11.8 Å². The molecular formula is C22H22N6OS. The summed E-state index contributed by atoms with van der Waals surface area (Å²) < 4.78 is 3.86. The highest BCUT2D eigenvalue weighted by Gasteiger charge is 2.12. The van der Waals surface area contributed by atoms with Crippen LogP contribution in [0.3, 0.4) is 0 Å². The minimum Gasteiger partial charge on any atom is -0.322 e. The minimum atomic E-state index is -0.186. The molecule has 4 aromatic rings. The number of carbonyl (C=O) groups is 1. The normalized spacial score (nSPS) is 11.4. The molecular weight excluding hydrogens is 396 g/mol. The average Bonchev–Trinajstić information content (AvgIpc) is 3.24. The van der Waals surface area contributed by atoms with Crippen LogP contribution in [0.25, 0.3) is 16.7 Å². The third kappa shape index (κ3) is 3.99. The molecule has 0 spiro atoms. The summed E-state index contributed by atoms with van der Waals surface area (Å²) >= 11 is 1.38. The van der Waals surface area contributed by atoms with E-state index in [-0.39, 0.29) is 11.7 Å². The van der Waals surface area contributed by atoms with Crippen molar-refractivity contribution in [3.05, 3.63) is 71.5 Å². The zero-order chi connectivity index (χ0) is 21.1. The van der Waals surface area contributed by atoms with E-state index in [2.05, 4.69) is 20.6 Å². The molecule has 0 atom stereocenters. The third-order valence-corrected chi connectivity index (χ3v) is 5.84. The van der Waals surface area contributed by atoms with Crippen molar-refractivity contribution in [2.45, 2.75) is 19.0 Å². The van der Waals surface area contributed by atoms with Gasteiger partial charge in [-0.05, 0) is 38.1 Å². The summed E-state index contributed by atoms with van der Waals surface area (Å²) in [6.07, 6.45) is 1.65. The Kier molecular flexibility index (Phi) is 5.67. The molecule has 0 bridgehead atoms. The number of aromatic nitrogens is 4. The maximum atomic E-state index is 12.2. The predicted octanol–water partition coefficient (Wildman–Crippen LogP) is 3.62. The van der Waals surface area contributed by atoms with Crippen LogP contribution in [0.4, 0.5) is 0 Å². The maximum Gasteiger partial charge on any atom is 0.250 e. The molecule has 4 rings (SSSR count). The fraction of sp³-hybridized carbons (Fsp3) is 0.182. The Balaban J connectivity index is 1.39. The highest BCUT2D eigenvalue weighted by molar-refractivity contribution is 7.99. The number of hydrazone groups is 1. The van der Waals surface area contributed by atoms with Gasteiger partial charge in [0, 0.05) is 12.6 Å². The summed E-state index contributed by atoms with van der Waals surface area (Å²) in [5.74, 6) is 0.0458. The molecule has 7 nitrogen and oxygen atoms in total. The Hall–Kier alpha value is -3.39. The Labute approximate surface area is 178 Å². The molecule has 0 aliphatic carbocycles. The number of amides is 1. The Morgan fingerprint density at radius 2 is 1.87 bits per heavy atom. The molecule has 2 heterocycles. The lowest BCUT2D eigenvalue weighted by Gasteiger charge is -2.03. The fourth-order valence-corrected chi connectivity index (χ4v) is 4.03. The van der Waals surface area contributed by atoms with Gasteiger partial charge in [-0.2, -0.15) is 10.2 Å². The molecule has 1 N–H and O–H groups in total. The van der Waals surface area contributed by atoms with Crippen molar-refractivity contribution in [1.29, 1.82) is 0 Å². The molecule has 0 saturated heterocycles. The zero-order valence-electron chi connectivity index (χ0n) is 17.0. The smallest absolute Gasteiger partial charge is 0.250 e.